The molecule has 6 heteroatoms. The van der Waals surface area contributed by atoms with Crippen molar-refractivity contribution in [2.24, 2.45) is 5.92 Å². The van der Waals surface area contributed by atoms with Crippen molar-refractivity contribution in [3.8, 4) is 5.75 Å². The van der Waals surface area contributed by atoms with Crippen LogP contribution in [0.15, 0.2) is 18.2 Å². The van der Waals surface area contributed by atoms with Crippen molar-refractivity contribution in [3.63, 3.8) is 0 Å². The van der Waals surface area contributed by atoms with E-state index >= 15 is 0 Å². The van der Waals surface area contributed by atoms with Crippen LogP contribution in [0.4, 0.5) is 5.69 Å². The van der Waals surface area contributed by atoms with E-state index in [1.165, 1.54) is 24.6 Å². The van der Waals surface area contributed by atoms with E-state index in [4.69, 9.17) is 9.84 Å². The third-order valence-electron chi connectivity index (χ3n) is 3.61. The summed E-state index contributed by atoms with van der Waals surface area (Å²) in [4.78, 5) is 21.4. The van der Waals surface area contributed by atoms with E-state index in [0.717, 1.165) is 25.7 Å². The fraction of sp³-hybridized carbons (Fsp3) is 0.500. The Balaban J connectivity index is 2.16. The van der Waals surface area contributed by atoms with Gasteiger partial charge in [0.2, 0.25) is 0 Å². The smallest absolute Gasteiger partial charge is 0.342 e. The first-order valence-corrected chi connectivity index (χ1v) is 6.73. The molecule has 1 aliphatic carbocycles. The summed E-state index contributed by atoms with van der Waals surface area (Å²) in [6, 6.07) is 4.13. The lowest BCUT2D eigenvalue weighted by atomic mass is 9.90. The predicted octanol–water partition coefficient (Wildman–Crippen LogP) is 3.25. The highest BCUT2D eigenvalue weighted by Crippen LogP contribution is 2.32. The molecule has 1 N–H and O–H groups in total. The van der Waals surface area contributed by atoms with Crippen LogP contribution in [0.5, 0.6) is 5.75 Å². The number of nitrogens with zero attached hydrogens (tertiary/aromatic N) is 1. The zero-order valence-corrected chi connectivity index (χ0v) is 11.1. The van der Waals surface area contributed by atoms with Gasteiger partial charge < -0.3 is 9.84 Å². The minimum absolute atomic E-state index is 0.0421. The Morgan fingerprint density at radius 1 is 1.35 bits per heavy atom. The Morgan fingerprint density at radius 2 is 2.05 bits per heavy atom. The van der Waals surface area contributed by atoms with E-state index < -0.39 is 16.6 Å². The zero-order chi connectivity index (χ0) is 14.5. The molecule has 0 saturated heterocycles. The number of hydrogen-bond acceptors (Lipinski definition) is 4. The van der Waals surface area contributed by atoms with Crippen LogP contribution in [0.25, 0.3) is 0 Å². The maximum Gasteiger partial charge on any atom is 0.342 e. The van der Waals surface area contributed by atoms with Gasteiger partial charge in [0, 0.05) is 0 Å². The molecule has 6 nitrogen and oxygen atoms in total. The normalized spacial score (nSPS) is 15.8. The van der Waals surface area contributed by atoms with E-state index in [9.17, 15) is 14.9 Å². The van der Waals surface area contributed by atoms with E-state index in [1.54, 1.807) is 0 Å². The third-order valence-corrected chi connectivity index (χ3v) is 3.61. The molecule has 108 valence electrons. The summed E-state index contributed by atoms with van der Waals surface area (Å²) in [5, 5.41) is 20.1. The van der Waals surface area contributed by atoms with E-state index in [0.29, 0.717) is 12.5 Å². The van der Waals surface area contributed by atoms with Crippen molar-refractivity contribution in [1.82, 2.24) is 0 Å². The van der Waals surface area contributed by atoms with Crippen molar-refractivity contribution in [2.75, 3.05) is 6.61 Å². The van der Waals surface area contributed by atoms with Crippen LogP contribution in [-0.2, 0) is 0 Å². The van der Waals surface area contributed by atoms with Gasteiger partial charge in [0.05, 0.1) is 11.5 Å². The molecular formula is C14H17NO5. The molecule has 1 fully saturated rings. The Morgan fingerprint density at radius 3 is 2.65 bits per heavy atom. The van der Waals surface area contributed by atoms with Crippen molar-refractivity contribution < 1.29 is 19.6 Å². The van der Waals surface area contributed by atoms with E-state index in [-0.39, 0.29) is 11.3 Å². The van der Waals surface area contributed by atoms with Crippen LogP contribution in [0, 0.1) is 16.0 Å². The van der Waals surface area contributed by atoms with Crippen LogP contribution in [-0.4, -0.2) is 22.6 Å². The van der Waals surface area contributed by atoms with Gasteiger partial charge in [0.1, 0.15) is 5.56 Å². The van der Waals surface area contributed by atoms with Crippen molar-refractivity contribution in [2.45, 2.75) is 32.1 Å². The van der Waals surface area contributed by atoms with E-state index in [1.807, 2.05) is 0 Å². The summed E-state index contributed by atoms with van der Waals surface area (Å²) in [6.07, 6.45) is 5.67. The number of aromatic carboxylic acids is 1. The van der Waals surface area contributed by atoms with Gasteiger partial charge in [-0.05, 0) is 30.9 Å². The number of hydrogen-bond donors (Lipinski definition) is 1. The maximum absolute atomic E-state index is 11.1. The van der Waals surface area contributed by atoms with Crippen molar-refractivity contribution in [3.05, 3.63) is 33.9 Å². The monoisotopic (exact) mass is 279 g/mol. The van der Waals surface area contributed by atoms with Crippen molar-refractivity contribution >= 4 is 11.7 Å². The van der Waals surface area contributed by atoms with Gasteiger partial charge in [-0.2, -0.15) is 0 Å². The number of rotatable bonds is 5. The highest BCUT2D eigenvalue weighted by molar-refractivity contribution is 5.93. The second kappa shape index (κ2) is 6.36. The minimum Gasteiger partial charge on any atom is -0.486 e. The first-order chi connectivity index (χ1) is 9.59. The van der Waals surface area contributed by atoms with Crippen LogP contribution in [0.3, 0.4) is 0 Å². The van der Waals surface area contributed by atoms with Crippen LogP contribution in [0.1, 0.15) is 42.5 Å². The molecule has 2 rings (SSSR count). The molecule has 0 heterocycles. The molecule has 0 bridgehead atoms. The molecule has 0 spiro atoms. The Hall–Kier alpha value is -2.11. The summed E-state index contributed by atoms with van der Waals surface area (Å²) in [5.41, 5.74) is -0.799. The Kier molecular flexibility index (Phi) is 4.55. The largest absolute Gasteiger partial charge is 0.486 e. The number of carboxylic acids is 1. The molecule has 0 aliphatic heterocycles. The molecule has 1 saturated carbocycles. The van der Waals surface area contributed by atoms with Crippen LogP contribution in [0.2, 0.25) is 0 Å². The maximum atomic E-state index is 11.1. The predicted molar refractivity (Wildman–Crippen MR) is 72.1 cm³/mol. The summed E-state index contributed by atoms with van der Waals surface area (Å²) in [6.45, 7) is 0.407. The fourth-order valence-corrected chi connectivity index (χ4v) is 2.56. The highest BCUT2D eigenvalue weighted by atomic mass is 16.6. The Labute approximate surface area is 116 Å². The number of nitro groups is 1. The number of ether oxygens (including phenoxy) is 1. The second-order valence-corrected chi connectivity index (χ2v) is 5.03. The molecule has 0 radical (unpaired) electrons. The summed E-state index contributed by atoms with van der Waals surface area (Å²) < 4.78 is 5.52. The lowest BCUT2D eigenvalue weighted by Crippen LogP contribution is -2.16. The number of carboxylic acid groups (broad SMARTS) is 1. The van der Waals surface area contributed by atoms with Gasteiger partial charge in [-0.1, -0.05) is 25.3 Å². The fourth-order valence-electron chi connectivity index (χ4n) is 2.56. The van der Waals surface area contributed by atoms with Crippen LogP contribution >= 0.6 is 0 Å². The number of nitro benzene ring substituents is 1. The zero-order valence-electron chi connectivity index (χ0n) is 11.1. The first-order valence-electron chi connectivity index (χ1n) is 6.73. The average molecular weight is 279 g/mol. The van der Waals surface area contributed by atoms with Gasteiger partial charge in [-0.3, -0.25) is 10.1 Å². The molecule has 1 aromatic carbocycles. The topological polar surface area (TPSA) is 89.7 Å². The highest BCUT2D eigenvalue weighted by Gasteiger charge is 2.26. The minimum atomic E-state index is -1.32. The molecule has 20 heavy (non-hydrogen) atoms. The summed E-state index contributed by atoms with van der Waals surface area (Å²) in [7, 11) is 0. The third kappa shape index (κ3) is 3.26. The standard InChI is InChI=1S/C14H17NO5/c16-14(17)11-7-4-8-12(13(11)15(18)19)20-9-10-5-2-1-3-6-10/h4,7-8,10H,1-3,5-6,9H2,(H,16,17). The summed E-state index contributed by atoms with van der Waals surface area (Å²) >= 11 is 0. The van der Waals surface area contributed by atoms with Gasteiger partial charge in [0.25, 0.3) is 0 Å². The summed E-state index contributed by atoms with van der Waals surface area (Å²) in [5.74, 6) is -0.878. The number of carbonyl (C=O) groups is 1. The number of benzene rings is 1. The van der Waals surface area contributed by atoms with Gasteiger partial charge in [-0.25, -0.2) is 4.79 Å². The molecule has 0 atom stereocenters. The molecule has 1 aliphatic rings. The van der Waals surface area contributed by atoms with Gasteiger partial charge in [-0.15, -0.1) is 0 Å². The molecule has 0 amide bonds. The molecule has 1 aromatic rings. The average Bonchev–Trinajstić information content (AvgIpc) is 2.45. The van der Waals surface area contributed by atoms with Crippen LogP contribution < -0.4 is 4.74 Å². The van der Waals surface area contributed by atoms with Gasteiger partial charge in [0.15, 0.2) is 5.75 Å². The van der Waals surface area contributed by atoms with Crippen molar-refractivity contribution in [1.29, 1.82) is 0 Å². The molecule has 0 unspecified atom stereocenters. The lowest BCUT2D eigenvalue weighted by Gasteiger charge is -2.21. The molecular weight excluding hydrogens is 262 g/mol. The lowest BCUT2D eigenvalue weighted by molar-refractivity contribution is -0.386. The number of para-hydroxylation sites is 1. The SMILES string of the molecule is O=C(O)c1cccc(OCC2CCCCC2)c1[N+](=O)[O-]. The first kappa shape index (κ1) is 14.3. The second-order valence-electron chi connectivity index (χ2n) is 5.03. The van der Waals surface area contributed by atoms with Gasteiger partial charge >= 0.3 is 11.7 Å². The molecule has 0 aromatic heterocycles. The van der Waals surface area contributed by atoms with E-state index in [2.05, 4.69) is 0 Å². The quantitative estimate of drug-likeness (QED) is 0.660. The Bertz CT molecular complexity index is 508.